The predicted molar refractivity (Wildman–Crippen MR) is 81.1 cm³/mol. The van der Waals surface area contributed by atoms with E-state index in [9.17, 15) is 18.0 Å². The van der Waals surface area contributed by atoms with Crippen LogP contribution in [-0.4, -0.2) is 9.72 Å². The number of nitrogens with zero attached hydrogens (tertiary/aromatic N) is 2. The molecule has 3 aromatic rings. The zero-order chi connectivity index (χ0) is 17.4. The van der Waals surface area contributed by atoms with Crippen LogP contribution in [0.25, 0.3) is 11.1 Å². The van der Waals surface area contributed by atoms with Crippen molar-refractivity contribution in [2.45, 2.75) is 20.4 Å². The highest BCUT2D eigenvalue weighted by Gasteiger charge is 2.14. The fourth-order valence-corrected chi connectivity index (χ4v) is 2.59. The normalized spacial score (nSPS) is 11.0. The highest BCUT2D eigenvalue weighted by atomic mass is 19.2. The van der Waals surface area contributed by atoms with Gasteiger partial charge in [-0.3, -0.25) is 4.79 Å². The van der Waals surface area contributed by atoms with Gasteiger partial charge in [0.15, 0.2) is 17.5 Å². The molecule has 0 bridgehead atoms. The van der Waals surface area contributed by atoms with Gasteiger partial charge in [-0.15, -0.1) is 0 Å². The fraction of sp³-hybridized carbons (Fsp3) is 0.176. The van der Waals surface area contributed by atoms with Gasteiger partial charge in [0, 0.05) is 23.4 Å². The minimum absolute atomic E-state index is 0.0931. The van der Waals surface area contributed by atoms with E-state index in [1.54, 1.807) is 26.1 Å². The Morgan fingerprint density at radius 2 is 1.79 bits per heavy atom. The molecule has 1 aromatic carbocycles. The van der Waals surface area contributed by atoms with Crippen molar-refractivity contribution in [2.75, 3.05) is 0 Å². The molecule has 0 amide bonds. The molecule has 0 saturated heterocycles. The van der Waals surface area contributed by atoms with Crippen LogP contribution in [0.3, 0.4) is 0 Å². The molecule has 2 heterocycles. The Morgan fingerprint density at radius 3 is 2.38 bits per heavy atom. The second-order valence-corrected chi connectivity index (χ2v) is 5.46. The number of rotatable bonds is 3. The van der Waals surface area contributed by atoms with Crippen molar-refractivity contribution < 1.29 is 17.7 Å². The van der Waals surface area contributed by atoms with Gasteiger partial charge < -0.3 is 9.09 Å². The van der Waals surface area contributed by atoms with Crippen LogP contribution in [-0.2, 0) is 6.54 Å². The highest BCUT2D eigenvalue weighted by molar-refractivity contribution is 5.66. The molecule has 2 aromatic heterocycles. The summed E-state index contributed by atoms with van der Waals surface area (Å²) in [6, 6.07) is 4.70. The number of benzene rings is 1. The van der Waals surface area contributed by atoms with Crippen LogP contribution in [0.15, 0.2) is 39.8 Å². The predicted octanol–water partition coefficient (Wildman–Crippen LogP) is 3.59. The first-order valence-corrected chi connectivity index (χ1v) is 7.14. The van der Waals surface area contributed by atoms with Crippen LogP contribution >= 0.6 is 0 Å². The summed E-state index contributed by atoms with van der Waals surface area (Å²) in [5, 5.41) is 3.86. The molecule has 0 unspecified atom stereocenters. The van der Waals surface area contributed by atoms with Crippen molar-refractivity contribution in [1.29, 1.82) is 0 Å². The third-order valence-corrected chi connectivity index (χ3v) is 3.70. The second-order valence-electron chi connectivity index (χ2n) is 5.46. The van der Waals surface area contributed by atoms with E-state index >= 15 is 0 Å². The number of halogens is 3. The Hall–Kier alpha value is -2.83. The zero-order valence-electron chi connectivity index (χ0n) is 12.9. The molecule has 0 aliphatic carbocycles. The molecule has 0 atom stereocenters. The maximum atomic E-state index is 13.3. The van der Waals surface area contributed by atoms with Gasteiger partial charge >= 0.3 is 0 Å². The van der Waals surface area contributed by atoms with E-state index in [2.05, 4.69) is 5.16 Å². The molecule has 0 spiro atoms. The number of hydrogen-bond donors (Lipinski definition) is 0. The third kappa shape index (κ3) is 2.84. The molecular formula is C17H13F3N2O2. The van der Waals surface area contributed by atoms with Crippen molar-refractivity contribution in [1.82, 2.24) is 9.72 Å². The van der Waals surface area contributed by atoms with Crippen molar-refractivity contribution >= 4 is 0 Å². The van der Waals surface area contributed by atoms with Crippen LogP contribution in [0, 0.1) is 31.3 Å². The minimum Gasteiger partial charge on any atom is -0.361 e. The van der Waals surface area contributed by atoms with Crippen LogP contribution in [0.4, 0.5) is 13.2 Å². The Kier molecular flexibility index (Phi) is 4.01. The summed E-state index contributed by atoms with van der Waals surface area (Å²) in [5.41, 5.74) is 1.89. The van der Waals surface area contributed by atoms with E-state index in [-0.39, 0.29) is 17.7 Å². The maximum absolute atomic E-state index is 13.3. The molecule has 0 aliphatic rings. The molecule has 7 heteroatoms. The quantitative estimate of drug-likeness (QED) is 0.688. The average Bonchev–Trinajstić information content (AvgIpc) is 2.86. The minimum atomic E-state index is -1.53. The number of aromatic nitrogens is 2. The fourth-order valence-electron chi connectivity index (χ4n) is 2.59. The van der Waals surface area contributed by atoms with Gasteiger partial charge in [0.05, 0.1) is 12.2 Å². The molecular weight excluding hydrogens is 321 g/mol. The Morgan fingerprint density at radius 1 is 1.12 bits per heavy atom. The molecule has 3 rings (SSSR count). The molecule has 0 radical (unpaired) electrons. The maximum Gasteiger partial charge on any atom is 0.250 e. The first-order valence-electron chi connectivity index (χ1n) is 7.14. The van der Waals surface area contributed by atoms with Gasteiger partial charge in [-0.1, -0.05) is 5.16 Å². The van der Waals surface area contributed by atoms with Crippen LogP contribution in [0.2, 0.25) is 0 Å². The van der Waals surface area contributed by atoms with E-state index in [0.717, 1.165) is 17.7 Å². The largest absolute Gasteiger partial charge is 0.361 e. The Bertz CT molecular complexity index is 934. The lowest BCUT2D eigenvalue weighted by atomic mass is 10.1. The molecule has 0 fully saturated rings. The summed E-state index contributed by atoms with van der Waals surface area (Å²) in [7, 11) is 0. The van der Waals surface area contributed by atoms with Gasteiger partial charge in [0.25, 0.3) is 5.56 Å². The number of hydrogen-bond acceptors (Lipinski definition) is 3. The lowest BCUT2D eigenvalue weighted by Crippen LogP contribution is -2.19. The standard InChI is InChI=1S/C17H13F3N2O2/c1-9-16(10(2)24-21-9)12-3-4-15(23)22(8-12)7-11-5-13(18)17(20)14(19)6-11/h3-6,8H,7H2,1-2H3. The summed E-state index contributed by atoms with van der Waals surface area (Å²) in [5.74, 6) is -3.52. The van der Waals surface area contributed by atoms with Crippen molar-refractivity contribution in [2.24, 2.45) is 0 Å². The number of pyridine rings is 1. The van der Waals surface area contributed by atoms with Crippen molar-refractivity contribution in [3.63, 3.8) is 0 Å². The van der Waals surface area contributed by atoms with Crippen molar-refractivity contribution in [3.05, 3.63) is 75.3 Å². The van der Waals surface area contributed by atoms with Gasteiger partial charge in [0.1, 0.15) is 5.76 Å². The molecule has 0 N–H and O–H groups in total. The second kappa shape index (κ2) is 5.99. The SMILES string of the molecule is Cc1noc(C)c1-c1ccc(=O)n(Cc2cc(F)c(F)c(F)c2)c1. The molecule has 0 saturated carbocycles. The van der Waals surface area contributed by atoms with Gasteiger partial charge in [0.2, 0.25) is 0 Å². The van der Waals surface area contributed by atoms with E-state index in [1.807, 2.05) is 0 Å². The summed E-state index contributed by atoms with van der Waals surface area (Å²) in [6.07, 6.45) is 1.55. The lowest BCUT2D eigenvalue weighted by Gasteiger charge is -2.09. The van der Waals surface area contributed by atoms with Gasteiger partial charge in [-0.25, -0.2) is 13.2 Å². The van der Waals surface area contributed by atoms with Gasteiger partial charge in [-0.2, -0.15) is 0 Å². The monoisotopic (exact) mass is 334 g/mol. The van der Waals surface area contributed by atoms with E-state index < -0.39 is 17.5 Å². The summed E-state index contributed by atoms with van der Waals surface area (Å²) >= 11 is 0. The summed E-state index contributed by atoms with van der Waals surface area (Å²) < 4.78 is 46.1. The smallest absolute Gasteiger partial charge is 0.250 e. The molecule has 0 aliphatic heterocycles. The van der Waals surface area contributed by atoms with Gasteiger partial charge in [-0.05, 0) is 37.6 Å². The highest BCUT2D eigenvalue weighted by Crippen LogP contribution is 2.26. The summed E-state index contributed by atoms with van der Waals surface area (Å²) in [6.45, 7) is 3.42. The Balaban J connectivity index is 2.03. The van der Waals surface area contributed by atoms with Crippen molar-refractivity contribution in [3.8, 4) is 11.1 Å². The lowest BCUT2D eigenvalue weighted by molar-refractivity contribution is 0.393. The zero-order valence-corrected chi connectivity index (χ0v) is 12.9. The average molecular weight is 334 g/mol. The van der Waals surface area contributed by atoms with Crippen LogP contribution in [0.1, 0.15) is 17.0 Å². The first kappa shape index (κ1) is 16.0. The van der Waals surface area contributed by atoms with E-state index in [1.165, 1.54) is 10.6 Å². The van der Waals surface area contributed by atoms with Crippen LogP contribution in [0.5, 0.6) is 0 Å². The van der Waals surface area contributed by atoms with E-state index in [4.69, 9.17) is 4.52 Å². The summed E-state index contributed by atoms with van der Waals surface area (Å²) in [4.78, 5) is 12.0. The Labute approximate surface area is 135 Å². The topological polar surface area (TPSA) is 48.0 Å². The van der Waals surface area contributed by atoms with E-state index in [0.29, 0.717) is 17.0 Å². The van der Waals surface area contributed by atoms with Crippen LogP contribution < -0.4 is 5.56 Å². The molecule has 124 valence electrons. The molecule has 24 heavy (non-hydrogen) atoms. The number of aryl methyl sites for hydroxylation is 2. The first-order chi connectivity index (χ1) is 11.4. The molecule has 4 nitrogen and oxygen atoms in total. The third-order valence-electron chi connectivity index (χ3n) is 3.70.